The van der Waals surface area contributed by atoms with Crippen LogP contribution in [0.25, 0.3) is 0 Å². The lowest BCUT2D eigenvalue weighted by Crippen LogP contribution is -2.57. The number of likely N-dealkylation sites (tertiary alicyclic amines) is 1. The number of carbonyl (C=O) groups excluding carboxylic acids is 3. The Balaban J connectivity index is 1.84. The van der Waals surface area contributed by atoms with Gasteiger partial charge in [-0.1, -0.05) is 49.4 Å². The largest absolute Gasteiger partial charge is 0.461 e. The fourth-order valence-corrected chi connectivity index (χ4v) is 6.81. The van der Waals surface area contributed by atoms with Gasteiger partial charge in [-0.15, -0.1) is 6.58 Å². The van der Waals surface area contributed by atoms with Gasteiger partial charge in [-0.3, -0.25) is 14.4 Å². The maximum Gasteiger partial charge on any atom is 0.313 e. The van der Waals surface area contributed by atoms with E-state index in [-0.39, 0.29) is 32.2 Å². The first-order valence-electron chi connectivity index (χ1n) is 12.2. The Kier molecular flexibility index (Phi) is 7.07. The molecule has 0 aliphatic carbocycles. The summed E-state index contributed by atoms with van der Waals surface area (Å²) in [7, 11) is 0. The fourth-order valence-electron chi connectivity index (χ4n) is 6.49. The molecule has 9 heteroatoms. The third-order valence-corrected chi connectivity index (χ3v) is 8.33. The summed E-state index contributed by atoms with van der Waals surface area (Å²) >= 11 is 6.53. The van der Waals surface area contributed by atoms with E-state index in [0.717, 1.165) is 5.56 Å². The van der Waals surface area contributed by atoms with E-state index in [1.165, 1.54) is 15.9 Å². The first-order valence-corrected chi connectivity index (χ1v) is 12.5. The number of amides is 2. The minimum absolute atomic E-state index is 0.00924. The molecular weight excluding hydrogens is 484 g/mol. The molecule has 2 bridgehead atoms. The molecule has 2 amide bonds. The molecule has 194 valence electrons. The van der Waals surface area contributed by atoms with Gasteiger partial charge in [0.05, 0.1) is 28.8 Å². The van der Waals surface area contributed by atoms with Crippen molar-refractivity contribution < 1.29 is 29.0 Å². The molecule has 6 atom stereocenters. The summed E-state index contributed by atoms with van der Waals surface area (Å²) in [5.74, 6) is -3.26. The normalized spacial score (nSPS) is 32.4. The van der Waals surface area contributed by atoms with Gasteiger partial charge in [-0.2, -0.15) is 0 Å². The molecule has 4 rings (SSSR count). The number of anilines is 1. The SMILES string of the molecule is C=CCOC(=O)[C@@H]1[C@H]2C(=O)N(CCO)C(C(=O)N(CC=C)c3c(C)cccc3Cl)C23CC(C)[C@@]1(C)O3. The average Bonchev–Trinajstić information content (AvgIpc) is 3.33. The number of rotatable bonds is 9. The summed E-state index contributed by atoms with van der Waals surface area (Å²) in [6.07, 6.45) is 3.47. The predicted octanol–water partition coefficient (Wildman–Crippen LogP) is 2.90. The Labute approximate surface area is 216 Å². The molecule has 3 unspecified atom stereocenters. The van der Waals surface area contributed by atoms with Gasteiger partial charge in [-0.25, -0.2) is 0 Å². The Morgan fingerprint density at radius 1 is 1.36 bits per heavy atom. The number of benzene rings is 1. The molecular formula is C27H33ClN2O6. The molecule has 3 heterocycles. The average molecular weight is 517 g/mol. The van der Waals surface area contributed by atoms with E-state index in [4.69, 9.17) is 21.1 Å². The zero-order valence-corrected chi connectivity index (χ0v) is 21.7. The topological polar surface area (TPSA) is 96.4 Å². The lowest BCUT2D eigenvalue weighted by molar-refractivity contribution is -0.160. The molecule has 3 aliphatic rings. The molecule has 3 saturated heterocycles. The lowest BCUT2D eigenvalue weighted by Gasteiger charge is -2.37. The number of aryl methyl sites for hydroxylation is 1. The van der Waals surface area contributed by atoms with Crippen molar-refractivity contribution in [2.24, 2.45) is 17.8 Å². The van der Waals surface area contributed by atoms with E-state index in [9.17, 15) is 19.5 Å². The standard InChI is InChI=1S/C27H33ClN2O6/c1-6-11-29(21-16(3)9-8-10-18(21)28)24(33)22-27-15-17(4)26(5,36-27)20(25(34)35-14-7-2)19(27)23(32)30(22)12-13-31/h6-10,17,19-20,22,31H,1-2,11-15H2,3-5H3/t17?,19-,20-,22?,26+,27?/m0/s1. The van der Waals surface area contributed by atoms with E-state index in [1.807, 2.05) is 26.8 Å². The van der Waals surface area contributed by atoms with Gasteiger partial charge in [-0.05, 0) is 37.8 Å². The molecule has 0 radical (unpaired) electrons. The Hall–Kier alpha value is -2.68. The summed E-state index contributed by atoms with van der Waals surface area (Å²) < 4.78 is 12.0. The molecule has 8 nitrogen and oxygen atoms in total. The minimum Gasteiger partial charge on any atom is -0.461 e. The number of para-hydroxylation sites is 1. The Bertz CT molecular complexity index is 1090. The van der Waals surface area contributed by atoms with Gasteiger partial charge in [0, 0.05) is 13.1 Å². The zero-order valence-electron chi connectivity index (χ0n) is 20.9. The smallest absolute Gasteiger partial charge is 0.313 e. The van der Waals surface area contributed by atoms with E-state index in [2.05, 4.69) is 13.2 Å². The zero-order chi connectivity index (χ0) is 26.4. The summed E-state index contributed by atoms with van der Waals surface area (Å²) in [6.45, 7) is 12.8. The van der Waals surface area contributed by atoms with Crippen LogP contribution in [0.1, 0.15) is 25.8 Å². The van der Waals surface area contributed by atoms with Crippen molar-refractivity contribution in [3.63, 3.8) is 0 Å². The van der Waals surface area contributed by atoms with Crippen LogP contribution in [-0.2, 0) is 23.9 Å². The number of esters is 1. The van der Waals surface area contributed by atoms with E-state index in [1.54, 1.807) is 18.2 Å². The number of carbonyl (C=O) groups is 3. The molecule has 1 spiro atoms. The van der Waals surface area contributed by atoms with Gasteiger partial charge < -0.3 is 24.4 Å². The summed E-state index contributed by atoms with van der Waals surface area (Å²) in [6, 6.07) is 4.29. The van der Waals surface area contributed by atoms with Crippen molar-refractivity contribution in [2.45, 2.75) is 44.4 Å². The van der Waals surface area contributed by atoms with Gasteiger partial charge in [0.25, 0.3) is 5.91 Å². The number of hydrogen-bond donors (Lipinski definition) is 1. The van der Waals surface area contributed by atoms with Gasteiger partial charge in [0.1, 0.15) is 24.2 Å². The molecule has 0 aromatic heterocycles. The first kappa shape index (κ1) is 26.4. The van der Waals surface area contributed by atoms with Crippen molar-refractivity contribution in [1.29, 1.82) is 0 Å². The van der Waals surface area contributed by atoms with Crippen LogP contribution in [-0.4, -0.2) is 71.3 Å². The van der Waals surface area contributed by atoms with Crippen LogP contribution in [0, 0.1) is 24.7 Å². The second-order valence-electron chi connectivity index (χ2n) is 10.0. The summed E-state index contributed by atoms with van der Waals surface area (Å²) in [4.78, 5) is 44.3. The number of halogens is 1. The van der Waals surface area contributed by atoms with Gasteiger partial charge >= 0.3 is 5.97 Å². The number of fused-ring (bicyclic) bond motifs is 1. The maximum atomic E-state index is 14.4. The van der Waals surface area contributed by atoms with Gasteiger partial charge in [0.15, 0.2) is 0 Å². The number of aliphatic hydroxyl groups is 1. The third-order valence-electron chi connectivity index (χ3n) is 8.02. The number of ether oxygens (including phenoxy) is 2. The van der Waals surface area contributed by atoms with Crippen LogP contribution in [0.5, 0.6) is 0 Å². The number of β-amino-alcohol motifs (C(OH)–C–C–N with tert-alkyl or cyclic N) is 1. The molecule has 0 saturated carbocycles. The van der Waals surface area contributed by atoms with Crippen LogP contribution >= 0.6 is 11.6 Å². The van der Waals surface area contributed by atoms with E-state index < -0.39 is 46.9 Å². The summed E-state index contributed by atoms with van der Waals surface area (Å²) in [5, 5.41) is 10.2. The Morgan fingerprint density at radius 2 is 2.08 bits per heavy atom. The maximum absolute atomic E-state index is 14.4. The molecule has 1 aromatic rings. The van der Waals surface area contributed by atoms with Crippen LogP contribution in [0.2, 0.25) is 5.02 Å². The van der Waals surface area contributed by atoms with Crippen molar-refractivity contribution in [2.75, 3.05) is 31.2 Å². The quantitative estimate of drug-likeness (QED) is 0.400. The van der Waals surface area contributed by atoms with E-state index in [0.29, 0.717) is 17.1 Å². The van der Waals surface area contributed by atoms with Crippen LogP contribution < -0.4 is 4.90 Å². The molecule has 1 aromatic carbocycles. The van der Waals surface area contributed by atoms with Crippen LogP contribution in [0.15, 0.2) is 43.5 Å². The molecule has 1 N–H and O–H groups in total. The first-order chi connectivity index (χ1) is 17.1. The highest BCUT2D eigenvalue weighted by Crippen LogP contribution is 2.65. The third kappa shape index (κ3) is 3.69. The molecule has 3 fully saturated rings. The minimum atomic E-state index is -1.25. The predicted molar refractivity (Wildman–Crippen MR) is 135 cm³/mol. The fraction of sp³-hybridized carbons (Fsp3) is 0.519. The molecule has 3 aliphatic heterocycles. The van der Waals surface area contributed by atoms with Crippen molar-refractivity contribution >= 4 is 35.1 Å². The highest BCUT2D eigenvalue weighted by molar-refractivity contribution is 6.34. The number of aliphatic hydroxyl groups excluding tert-OH is 1. The van der Waals surface area contributed by atoms with Gasteiger partial charge in [0.2, 0.25) is 5.91 Å². The number of nitrogens with zero attached hydrogens (tertiary/aromatic N) is 2. The van der Waals surface area contributed by atoms with Crippen LogP contribution in [0.4, 0.5) is 5.69 Å². The van der Waals surface area contributed by atoms with Crippen molar-refractivity contribution in [3.8, 4) is 0 Å². The monoisotopic (exact) mass is 516 g/mol. The second-order valence-corrected chi connectivity index (χ2v) is 10.4. The summed E-state index contributed by atoms with van der Waals surface area (Å²) in [5.41, 5.74) is -0.919. The van der Waals surface area contributed by atoms with Crippen molar-refractivity contribution in [3.05, 3.63) is 54.1 Å². The highest BCUT2D eigenvalue weighted by Gasteiger charge is 2.80. The van der Waals surface area contributed by atoms with Crippen molar-refractivity contribution in [1.82, 2.24) is 4.90 Å². The molecule has 36 heavy (non-hydrogen) atoms. The number of hydrogen-bond acceptors (Lipinski definition) is 6. The van der Waals surface area contributed by atoms with Crippen LogP contribution in [0.3, 0.4) is 0 Å². The Morgan fingerprint density at radius 3 is 2.69 bits per heavy atom. The highest BCUT2D eigenvalue weighted by atomic mass is 35.5. The second kappa shape index (κ2) is 9.65. The lowest BCUT2D eigenvalue weighted by atomic mass is 9.62. The van der Waals surface area contributed by atoms with E-state index >= 15 is 0 Å².